The van der Waals surface area contributed by atoms with E-state index < -0.39 is 0 Å². The minimum absolute atomic E-state index is 0.286. The molecule has 0 bridgehead atoms. The number of hydrogen-bond donors (Lipinski definition) is 1. The third kappa shape index (κ3) is 2.75. The number of anilines is 1. The summed E-state index contributed by atoms with van der Waals surface area (Å²) in [7, 11) is 0. The number of nitrogens with one attached hydrogen (secondary N) is 1. The minimum Gasteiger partial charge on any atom is -0.382 e. The van der Waals surface area contributed by atoms with Gasteiger partial charge in [-0.2, -0.15) is 5.10 Å². The Hall–Kier alpha value is -1.91. The first kappa shape index (κ1) is 12.1. The molecule has 0 amide bonds. The zero-order valence-electron chi connectivity index (χ0n) is 10.7. The monoisotopic (exact) mass is 260 g/mol. The first-order chi connectivity index (χ1) is 9.33. The summed E-state index contributed by atoms with van der Waals surface area (Å²) in [4.78, 5) is 3.83. The van der Waals surface area contributed by atoms with E-state index >= 15 is 0 Å². The molecule has 1 aromatic carbocycles. The van der Waals surface area contributed by atoms with E-state index in [1.54, 1.807) is 6.07 Å². The van der Waals surface area contributed by atoms with Gasteiger partial charge in [0.05, 0.1) is 0 Å². The van der Waals surface area contributed by atoms with Gasteiger partial charge in [0.1, 0.15) is 18.3 Å². The van der Waals surface area contributed by atoms with Crippen molar-refractivity contribution in [2.24, 2.45) is 0 Å². The van der Waals surface area contributed by atoms with Gasteiger partial charge in [-0.1, -0.05) is 19.3 Å². The highest BCUT2D eigenvalue weighted by atomic mass is 19.1. The molecule has 1 N–H and O–H groups in total. The van der Waals surface area contributed by atoms with E-state index in [1.165, 1.54) is 55.5 Å². The molecule has 3 rings (SSSR count). The summed E-state index contributed by atoms with van der Waals surface area (Å²) in [6.07, 6.45) is 9.07. The number of aromatic nitrogens is 3. The summed E-state index contributed by atoms with van der Waals surface area (Å²) >= 11 is 0. The van der Waals surface area contributed by atoms with Gasteiger partial charge in [0.2, 0.25) is 0 Å². The molecular weight excluding hydrogens is 243 g/mol. The van der Waals surface area contributed by atoms with E-state index in [9.17, 15) is 4.39 Å². The SMILES string of the molecule is Fc1cc(NC2CCCCC2)ccc1-n1cncn1. The zero-order chi connectivity index (χ0) is 13.1. The summed E-state index contributed by atoms with van der Waals surface area (Å²) in [6, 6.07) is 5.64. The van der Waals surface area contributed by atoms with Crippen molar-refractivity contribution in [1.82, 2.24) is 14.8 Å². The molecule has 1 aromatic heterocycles. The van der Waals surface area contributed by atoms with Crippen LogP contribution in [0.25, 0.3) is 5.69 Å². The Labute approximate surface area is 111 Å². The van der Waals surface area contributed by atoms with Crippen LogP contribution in [0, 0.1) is 5.82 Å². The predicted octanol–water partition coefficient (Wildman–Crippen LogP) is 3.15. The molecule has 0 radical (unpaired) electrons. The summed E-state index contributed by atoms with van der Waals surface area (Å²) in [6.45, 7) is 0. The predicted molar refractivity (Wildman–Crippen MR) is 71.8 cm³/mol. The Balaban J connectivity index is 1.75. The molecule has 1 saturated carbocycles. The number of nitrogens with zero attached hydrogens (tertiary/aromatic N) is 3. The molecule has 0 spiro atoms. The lowest BCUT2D eigenvalue weighted by Crippen LogP contribution is -2.22. The van der Waals surface area contributed by atoms with Gasteiger partial charge in [0.25, 0.3) is 0 Å². The van der Waals surface area contributed by atoms with Crippen molar-refractivity contribution in [3.8, 4) is 5.69 Å². The van der Waals surface area contributed by atoms with Gasteiger partial charge >= 0.3 is 0 Å². The fourth-order valence-electron chi connectivity index (χ4n) is 2.60. The largest absolute Gasteiger partial charge is 0.382 e. The van der Waals surface area contributed by atoms with Crippen LogP contribution in [-0.2, 0) is 0 Å². The lowest BCUT2D eigenvalue weighted by atomic mass is 9.95. The van der Waals surface area contributed by atoms with E-state index in [-0.39, 0.29) is 5.82 Å². The molecule has 0 unspecified atom stereocenters. The van der Waals surface area contributed by atoms with Crippen molar-refractivity contribution in [3.63, 3.8) is 0 Å². The van der Waals surface area contributed by atoms with Crippen LogP contribution < -0.4 is 5.32 Å². The topological polar surface area (TPSA) is 42.7 Å². The molecule has 5 heteroatoms. The van der Waals surface area contributed by atoms with Crippen LogP contribution in [0.1, 0.15) is 32.1 Å². The van der Waals surface area contributed by atoms with E-state index in [2.05, 4.69) is 15.4 Å². The van der Waals surface area contributed by atoms with Crippen molar-refractivity contribution in [2.45, 2.75) is 38.1 Å². The molecular formula is C14H17FN4. The number of rotatable bonds is 3. The smallest absolute Gasteiger partial charge is 0.150 e. The quantitative estimate of drug-likeness (QED) is 0.921. The lowest BCUT2D eigenvalue weighted by molar-refractivity contribution is 0.462. The second-order valence-corrected chi connectivity index (χ2v) is 4.99. The molecule has 2 aromatic rings. The van der Waals surface area contributed by atoms with Gasteiger partial charge in [-0.25, -0.2) is 14.1 Å². The van der Waals surface area contributed by atoms with Crippen LogP contribution in [-0.4, -0.2) is 20.8 Å². The molecule has 0 aliphatic heterocycles. The Kier molecular flexibility index (Phi) is 3.44. The van der Waals surface area contributed by atoms with Crippen molar-refractivity contribution < 1.29 is 4.39 Å². The van der Waals surface area contributed by atoms with Crippen LogP contribution in [0.3, 0.4) is 0 Å². The van der Waals surface area contributed by atoms with Gasteiger partial charge in [0.15, 0.2) is 5.82 Å². The second-order valence-electron chi connectivity index (χ2n) is 4.99. The maximum Gasteiger partial charge on any atom is 0.150 e. The highest BCUT2D eigenvalue weighted by Gasteiger charge is 2.14. The maximum atomic E-state index is 14.0. The summed E-state index contributed by atoms with van der Waals surface area (Å²) in [5.74, 6) is -0.286. The third-order valence-electron chi connectivity index (χ3n) is 3.59. The molecule has 19 heavy (non-hydrogen) atoms. The molecule has 0 atom stereocenters. The van der Waals surface area contributed by atoms with Crippen LogP contribution >= 0.6 is 0 Å². The fourth-order valence-corrected chi connectivity index (χ4v) is 2.60. The zero-order valence-corrected chi connectivity index (χ0v) is 10.7. The van der Waals surface area contributed by atoms with Gasteiger partial charge in [-0.05, 0) is 31.0 Å². The molecule has 1 fully saturated rings. The Morgan fingerprint density at radius 1 is 1.21 bits per heavy atom. The standard InChI is InChI=1S/C14H17FN4/c15-13-8-12(18-11-4-2-1-3-5-11)6-7-14(13)19-10-16-9-17-19/h6-11,18H,1-5H2. The summed E-state index contributed by atoms with van der Waals surface area (Å²) in [5.41, 5.74) is 1.26. The lowest BCUT2D eigenvalue weighted by Gasteiger charge is -2.24. The van der Waals surface area contributed by atoms with Gasteiger partial charge < -0.3 is 5.32 Å². The van der Waals surface area contributed by atoms with Crippen molar-refractivity contribution >= 4 is 5.69 Å². The average molecular weight is 260 g/mol. The summed E-state index contributed by atoms with van der Waals surface area (Å²) < 4.78 is 15.5. The van der Waals surface area contributed by atoms with Crippen LogP contribution in [0.4, 0.5) is 10.1 Å². The van der Waals surface area contributed by atoms with Crippen LogP contribution in [0.15, 0.2) is 30.9 Å². The number of halogens is 1. The van der Waals surface area contributed by atoms with E-state index in [1.807, 2.05) is 6.07 Å². The minimum atomic E-state index is -0.286. The Morgan fingerprint density at radius 3 is 2.74 bits per heavy atom. The van der Waals surface area contributed by atoms with Crippen LogP contribution in [0.5, 0.6) is 0 Å². The van der Waals surface area contributed by atoms with Gasteiger partial charge in [0, 0.05) is 11.7 Å². The molecule has 1 aliphatic carbocycles. The Bertz CT molecular complexity index is 532. The first-order valence-corrected chi connectivity index (χ1v) is 6.74. The number of hydrogen-bond acceptors (Lipinski definition) is 3. The number of benzene rings is 1. The van der Waals surface area contributed by atoms with E-state index in [0.717, 1.165) is 5.69 Å². The molecule has 1 aliphatic rings. The van der Waals surface area contributed by atoms with Crippen molar-refractivity contribution in [1.29, 1.82) is 0 Å². The van der Waals surface area contributed by atoms with Crippen molar-refractivity contribution in [3.05, 3.63) is 36.7 Å². The Morgan fingerprint density at radius 2 is 2.05 bits per heavy atom. The first-order valence-electron chi connectivity index (χ1n) is 6.74. The average Bonchev–Trinajstić information content (AvgIpc) is 2.94. The van der Waals surface area contributed by atoms with Gasteiger partial charge in [-0.3, -0.25) is 0 Å². The molecule has 1 heterocycles. The van der Waals surface area contributed by atoms with Gasteiger partial charge in [-0.15, -0.1) is 0 Å². The summed E-state index contributed by atoms with van der Waals surface area (Å²) in [5, 5.41) is 7.35. The van der Waals surface area contributed by atoms with E-state index in [4.69, 9.17) is 0 Å². The third-order valence-corrected chi connectivity index (χ3v) is 3.59. The van der Waals surface area contributed by atoms with E-state index in [0.29, 0.717) is 11.7 Å². The fraction of sp³-hybridized carbons (Fsp3) is 0.429. The molecule has 0 saturated heterocycles. The highest BCUT2D eigenvalue weighted by molar-refractivity contribution is 5.50. The normalized spacial score (nSPS) is 16.5. The molecule has 4 nitrogen and oxygen atoms in total. The van der Waals surface area contributed by atoms with Crippen LogP contribution in [0.2, 0.25) is 0 Å². The maximum absolute atomic E-state index is 14.0. The second kappa shape index (κ2) is 5.38. The molecule has 100 valence electrons. The van der Waals surface area contributed by atoms with Crippen molar-refractivity contribution in [2.75, 3.05) is 5.32 Å². The highest BCUT2D eigenvalue weighted by Crippen LogP contribution is 2.23.